The summed E-state index contributed by atoms with van der Waals surface area (Å²) in [6, 6.07) is 0. The summed E-state index contributed by atoms with van der Waals surface area (Å²) in [5, 5.41) is 0. The fraction of sp³-hybridized carbons (Fsp3) is 1.00. The third-order valence-electron chi connectivity index (χ3n) is 19.3. The van der Waals surface area contributed by atoms with Crippen LogP contribution in [0.5, 0.6) is 0 Å². The molecule has 67 heavy (non-hydrogen) atoms. The topological polar surface area (TPSA) is 102 Å². The van der Waals surface area contributed by atoms with Crippen LogP contribution in [0.4, 0.5) is 0 Å². The molecule has 0 N–H and O–H groups in total. The number of hydrogen-bond acceptors (Lipinski definition) is 11. The van der Waals surface area contributed by atoms with E-state index < -0.39 is 18.9 Å². The zero-order chi connectivity index (χ0) is 49.5. The Hall–Kier alpha value is -0.440. The summed E-state index contributed by atoms with van der Waals surface area (Å²) in [7, 11) is 0. The van der Waals surface area contributed by atoms with E-state index in [0.717, 1.165) is 25.7 Å². The molecule has 0 amide bonds. The van der Waals surface area contributed by atoms with Gasteiger partial charge in [0.1, 0.15) is 6.10 Å². The highest BCUT2D eigenvalue weighted by molar-refractivity contribution is 4.96. The highest BCUT2D eigenvalue weighted by Gasteiger charge is 2.54. The summed E-state index contributed by atoms with van der Waals surface area (Å²) in [6.45, 7) is 47.3. The van der Waals surface area contributed by atoms with Crippen molar-refractivity contribution >= 4 is 0 Å². The minimum Gasteiger partial charge on any atom is -0.372 e. The number of rotatable bonds is 15. The van der Waals surface area contributed by atoms with Crippen molar-refractivity contribution in [1.82, 2.24) is 0 Å². The standard InChI is InChI=1S/C56H102O11/c1-22-42-29(9)30(10)51(67-52-34(14)27(7)28(8)40(20)57-52)56(61-42)64-47-36(16)41(21)58-54(38(47)18)63-48-37(17)43(23-2)60-55(39(48)19)66-50-33(13)35(15)53(62-45(50)25-4)65-49-32(12)31(11)46(26(5)6)59-44(49)24-3/h26-56H,22-25H2,1-21H3/t27?,28?,29-,30+,31?,32-,33-,34?,35?,36+,37+,38?,39?,40?,41?,42?,43?,44?,45?,46?,47+,48+,49-,50-,51?,52+,53+,54+,55+,56+/m1/s1. The molecule has 0 aromatic carbocycles. The highest BCUT2D eigenvalue weighted by atomic mass is 16.8. The van der Waals surface area contributed by atoms with Gasteiger partial charge >= 0.3 is 0 Å². The maximum atomic E-state index is 7.28. The molecule has 0 radical (unpaired) electrons. The molecule has 0 spiro atoms. The monoisotopic (exact) mass is 951 g/mol. The molecule has 0 saturated carbocycles. The summed E-state index contributed by atoms with van der Waals surface area (Å²) < 4.78 is 76.7. The molecule has 6 heterocycles. The van der Waals surface area contributed by atoms with Crippen molar-refractivity contribution in [1.29, 1.82) is 0 Å². The van der Waals surface area contributed by atoms with E-state index in [1.165, 1.54) is 0 Å². The van der Waals surface area contributed by atoms with Gasteiger partial charge in [-0.3, -0.25) is 0 Å². The van der Waals surface area contributed by atoms with Crippen LogP contribution in [0, 0.1) is 82.9 Å². The van der Waals surface area contributed by atoms with Crippen molar-refractivity contribution in [3.05, 3.63) is 0 Å². The molecule has 30 atom stereocenters. The molecule has 6 aliphatic heterocycles. The van der Waals surface area contributed by atoms with Gasteiger partial charge in [0.2, 0.25) is 0 Å². The first-order valence-electron chi connectivity index (χ1n) is 27.8. The van der Waals surface area contributed by atoms with Gasteiger partial charge in [-0.2, -0.15) is 0 Å². The van der Waals surface area contributed by atoms with Gasteiger partial charge in [0.05, 0.1) is 67.1 Å². The van der Waals surface area contributed by atoms with E-state index in [-0.39, 0.29) is 133 Å². The quantitative estimate of drug-likeness (QED) is 0.157. The minimum absolute atomic E-state index is 0.0292. The summed E-state index contributed by atoms with van der Waals surface area (Å²) in [4.78, 5) is 0. The molecular formula is C56H102O11. The molecule has 0 aliphatic carbocycles. The van der Waals surface area contributed by atoms with E-state index in [1.54, 1.807) is 0 Å². The van der Waals surface area contributed by atoms with Gasteiger partial charge in [0.15, 0.2) is 31.5 Å². The Labute approximate surface area is 409 Å². The number of ether oxygens (including phenoxy) is 11. The third-order valence-corrected chi connectivity index (χ3v) is 19.3. The van der Waals surface area contributed by atoms with Crippen LogP contribution >= 0.6 is 0 Å². The van der Waals surface area contributed by atoms with Gasteiger partial charge in [0.25, 0.3) is 0 Å². The second-order valence-electron chi connectivity index (χ2n) is 23.7. The van der Waals surface area contributed by atoms with E-state index >= 15 is 0 Å². The molecular weight excluding hydrogens is 849 g/mol. The second kappa shape index (κ2) is 23.6. The van der Waals surface area contributed by atoms with Crippen molar-refractivity contribution in [2.24, 2.45) is 82.9 Å². The van der Waals surface area contributed by atoms with Gasteiger partial charge < -0.3 is 52.1 Å². The van der Waals surface area contributed by atoms with Crippen LogP contribution in [-0.4, -0.2) is 105 Å². The van der Waals surface area contributed by atoms with Crippen molar-refractivity contribution < 1.29 is 52.1 Å². The fourth-order valence-corrected chi connectivity index (χ4v) is 13.1. The van der Waals surface area contributed by atoms with Crippen molar-refractivity contribution in [2.75, 3.05) is 0 Å². The zero-order valence-corrected chi connectivity index (χ0v) is 46.2. The van der Waals surface area contributed by atoms with Crippen molar-refractivity contribution in [2.45, 2.75) is 276 Å². The van der Waals surface area contributed by atoms with Gasteiger partial charge in [-0.15, -0.1) is 0 Å². The van der Waals surface area contributed by atoms with E-state index in [4.69, 9.17) is 52.1 Å². The van der Waals surface area contributed by atoms with Crippen LogP contribution in [0.3, 0.4) is 0 Å². The molecule has 11 heteroatoms. The summed E-state index contributed by atoms with van der Waals surface area (Å²) in [5.41, 5.74) is 0. The Morgan fingerprint density at radius 3 is 1.19 bits per heavy atom. The minimum atomic E-state index is -0.548. The normalized spacial score (nSPS) is 53.5. The van der Waals surface area contributed by atoms with Crippen LogP contribution in [0.15, 0.2) is 0 Å². The van der Waals surface area contributed by atoms with Crippen molar-refractivity contribution in [3.8, 4) is 0 Å². The Kier molecular flexibility index (Phi) is 19.7. The average Bonchev–Trinajstić information content (AvgIpc) is 3.30. The van der Waals surface area contributed by atoms with E-state index in [9.17, 15) is 0 Å². The van der Waals surface area contributed by atoms with Crippen LogP contribution in [-0.2, 0) is 52.1 Å². The summed E-state index contributed by atoms with van der Waals surface area (Å²) >= 11 is 0. The van der Waals surface area contributed by atoms with Crippen LogP contribution in [0.25, 0.3) is 0 Å². The molecule has 0 aromatic heterocycles. The van der Waals surface area contributed by atoms with Gasteiger partial charge in [-0.25, -0.2) is 0 Å². The summed E-state index contributed by atoms with van der Waals surface area (Å²) in [6.07, 6.45) is 0.588. The predicted molar refractivity (Wildman–Crippen MR) is 263 cm³/mol. The Morgan fingerprint density at radius 1 is 0.284 bits per heavy atom. The maximum absolute atomic E-state index is 7.28. The van der Waals surface area contributed by atoms with E-state index in [1.807, 2.05) is 0 Å². The second-order valence-corrected chi connectivity index (χ2v) is 23.7. The first-order valence-corrected chi connectivity index (χ1v) is 27.8. The van der Waals surface area contributed by atoms with E-state index in [0.29, 0.717) is 35.5 Å². The Morgan fingerprint density at radius 2 is 0.642 bits per heavy atom. The molecule has 15 unspecified atom stereocenters. The Bertz CT molecular complexity index is 1500. The van der Waals surface area contributed by atoms with E-state index in [2.05, 4.69) is 145 Å². The molecule has 0 aromatic rings. The lowest BCUT2D eigenvalue weighted by molar-refractivity contribution is -0.372. The van der Waals surface area contributed by atoms with Gasteiger partial charge in [-0.05, 0) is 86.9 Å². The molecule has 0 bridgehead atoms. The largest absolute Gasteiger partial charge is 0.372 e. The maximum Gasteiger partial charge on any atom is 0.184 e. The van der Waals surface area contributed by atoms with Gasteiger partial charge in [-0.1, -0.05) is 132 Å². The summed E-state index contributed by atoms with van der Waals surface area (Å²) in [5.74, 6) is 3.22. The molecule has 6 saturated heterocycles. The smallest absolute Gasteiger partial charge is 0.184 e. The lowest BCUT2D eigenvalue weighted by Crippen LogP contribution is -2.60. The average molecular weight is 951 g/mol. The predicted octanol–water partition coefficient (Wildman–Crippen LogP) is 11.9. The van der Waals surface area contributed by atoms with Crippen molar-refractivity contribution in [3.63, 3.8) is 0 Å². The fourth-order valence-electron chi connectivity index (χ4n) is 13.1. The number of hydrogen-bond donors (Lipinski definition) is 0. The van der Waals surface area contributed by atoms with Crippen LogP contribution in [0.2, 0.25) is 0 Å². The molecule has 6 rings (SSSR count). The van der Waals surface area contributed by atoms with Crippen LogP contribution in [0.1, 0.15) is 171 Å². The molecule has 6 aliphatic rings. The molecule has 11 nitrogen and oxygen atoms in total. The lowest BCUT2D eigenvalue weighted by Gasteiger charge is -2.53. The zero-order valence-electron chi connectivity index (χ0n) is 46.2. The highest BCUT2D eigenvalue weighted by Crippen LogP contribution is 2.46. The molecule has 6 fully saturated rings. The SMILES string of the molecule is CCC1O[C@@H](O[C@@H]2C(C)[C@H](O[C@@H]3C(C)[C@H](O[C@H]4C(CC)O[C@@H](O[C@H]5C(CC)OC(C(C)C)C(C)[C@H]5C)C(C)[C@H]4C)OC(CC)[C@@H]3C)OC(C)[C@@H]2C)C(O[C@@H]2OC(C)C(C)C(C)C2C)[C@@H](C)[C@H]1C. The van der Waals surface area contributed by atoms with Gasteiger partial charge in [0, 0.05) is 35.5 Å². The first kappa shape index (κ1) is 55.9. The molecule has 392 valence electrons. The van der Waals surface area contributed by atoms with Crippen LogP contribution < -0.4 is 0 Å². The lowest BCUT2D eigenvalue weighted by atomic mass is 9.77. The Balaban J connectivity index is 1.16. The third kappa shape index (κ3) is 11.5. The first-order chi connectivity index (χ1) is 31.6.